The summed E-state index contributed by atoms with van der Waals surface area (Å²) in [5.41, 5.74) is 2.33. The van der Waals surface area contributed by atoms with E-state index < -0.39 is 4.92 Å². The van der Waals surface area contributed by atoms with Crippen LogP contribution < -0.4 is 4.74 Å². The lowest BCUT2D eigenvalue weighted by Gasteiger charge is -2.12. The molecule has 0 aliphatic carbocycles. The third kappa shape index (κ3) is 6.68. The van der Waals surface area contributed by atoms with Crippen molar-refractivity contribution in [1.29, 1.82) is 0 Å². The Morgan fingerprint density at radius 2 is 1.79 bits per heavy atom. The molecular formula is C29H22N4O5S. The fourth-order valence-electron chi connectivity index (χ4n) is 3.73. The maximum Gasteiger partial charge on any atom is 0.270 e. The smallest absolute Gasteiger partial charge is 0.270 e. The number of nitro benzene ring substituents is 1. The molecule has 0 bridgehead atoms. The Morgan fingerprint density at radius 3 is 2.59 bits per heavy atom. The van der Waals surface area contributed by atoms with Crippen molar-refractivity contribution in [2.45, 2.75) is 13.2 Å². The van der Waals surface area contributed by atoms with Gasteiger partial charge >= 0.3 is 0 Å². The minimum Gasteiger partial charge on any atom is -0.489 e. The number of carbonyl (C=O) groups is 1. The van der Waals surface area contributed by atoms with E-state index in [1.807, 2.05) is 54.6 Å². The zero-order valence-corrected chi connectivity index (χ0v) is 21.4. The van der Waals surface area contributed by atoms with Gasteiger partial charge < -0.3 is 9.15 Å². The summed E-state index contributed by atoms with van der Waals surface area (Å²) in [5.74, 6) is 1.04. The number of hydrogen-bond acceptors (Lipinski definition) is 8. The van der Waals surface area contributed by atoms with Crippen molar-refractivity contribution in [3.8, 4) is 5.75 Å². The maximum atomic E-state index is 13.4. The molecule has 0 atom stereocenters. The van der Waals surface area contributed by atoms with Crippen LogP contribution >= 0.6 is 11.8 Å². The van der Waals surface area contributed by atoms with Crippen molar-refractivity contribution in [3.05, 3.63) is 135 Å². The van der Waals surface area contributed by atoms with Crippen LogP contribution in [0.2, 0.25) is 0 Å². The van der Waals surface area contributed by atoms with Crippen LogP contribution in [0, 0.1) is 10.1 Å². The molecule has 0 N–H and O–H groups in total. The second-order valence-electron chi connectivity index (χ2n) is 8.41. The van der Waals surface area contributed by atoms with Crippen molar-refractivity contribution < 1.29 is 18.9 Å². The highest BCUT2D eigenvalue weighted by molar-refractivity contribution is 8.18. The number of thioether (sulfide) groups is 1. The van der Waals surface area contributed by atoms with Crippen LogP contribution in [0.4, 0.5) is 5.69 Å². The summed E-state index contributed by atoms with van der Waals surface area (Å²) in [6, 6.07) is 27.0. The third-order valence-corrected chi connectivity index (χ3v) is 6.61. The molecule has 1 aliphatic rings. The third-order valence-electron chi connectivity index (χ3n) is 5.62. The molecule has 0 saturated carbocycles. The van der Waals surface area contributed by atoms with E-state index in [4.69, 9.17) is 9.15 Å². The molecule has 0 spiro atoms. The van der Waals surface area contributed by atoms with E-state index in [1.165, 1.54) is 41.3 Å². The van der Waals surface area contributed by atoms with Gasteiger partial charge in [0.25, 0.3) is 11.6 Å². The number of non-ortho nitro benzene ring substituents is 1. The molecule has 1 aliphatic heterocycles. The first kappa shape index (κ1) is 25.7. The van der Waals surface area contributed by atoms with E-state index in [2.05, 4.69) is 10.2 Å². The molecule has 5 rings (SSSR count). The first-order chi connectivity index (χ1) is 19.0. The summed E-state index contributed by atoms with van der Waals surface area (Å²) < 4.78 is 11.4. The van der Waals surface area contributed by atoms with Gasteiger partial charge in [-0.15, -0.1) is 5.10 Å². The lowest BCUT2D eigenvalue weighted by atomic mass is 10.2. The first-order valence-corrected chi connectivity index (χ1v) is 12.7. The average Bonchev–Trinajstić information content (AvgIpc) is 3.57. The molecule has 1 amide bonds. The van der Waals surface area contributed by atoms with Crippen LogP contribution in [-0.2, 0) is 17.9 Å². The van der Waals surface area contributed by atoms with Crippen LogP contribution in [0.25, 0.3) is 6.08 Å². The highest BCUT2D eigenvalue weighted by Gasteiger charge is 2.34. The summed E-state index contributed by atoms with van der Waals surface area (Å²) >= 11 is 1.19. The van der Waals surface area contributed by atoms with E-state index in [0.717, 1.165) is 11.1 Å². The lowest BCUT2D eigenvalue weighted by Crippen LogP contribution is -2.28. The Morgan fingerprint density at radius 1 is 0.974 bits per heavy atom. The summed E-state index contributed by atoms with van der Waals surface area (Å²) in [4.78, 5) is 25.9. The Balaban J connectivity index is 1.36. The molecule has 194 valence electrons. The zero-order chi connectivity index (χ0) is 27.0. The van der Waals surface area contributed by atoms with Gasteiger partial charge in [-0.1, -0.05) is 54.6 Å². The number of carbonyl (C=O) groups excluding carboxylic acids is 1. The number of amidine groups is 1. The highest BCUT2D eigenvalue weighted by atomic mass is 32.2. The Hall–Kier alpha value is -4.96. The average molecular weight is 539 g/mol. The van der Waals surface area contributed by atoms with Crippen molar-refractivity contribution in [3.63, 3.8) is 0 Å². The molecule has 2 heterocycles. The largest absolute Gasteiger partial charge is 0.489 e. The molecule has 1 saturated heterocycles. The van der Waals surface area contributed by atoms with Gasteiger partial charge in [-0.05, 0) is 53.2 Å². The molecule has 9 nitrogen and oxygen atoms in total. The monoisotopic (exact) mass is 538 g/mol. The van der Waals surface area contributed by atoms with E-state index >= 15 is 0 Å². The van der Waals surface area contributed by atoms with Gasteiger partial charge in [0.15, 0.2) is 5.17 Å². The van der Waals surface area contributed by atoms with E-state index in [9.17, 15) is 14.9 Å². The predicted octanol–water partition coefficient (Wildman–Crippen LogP) is 6.27. The van der Waals surface area contributed by atoms with Crippen molar-refractivity contribution in [2.24, 2.45) is 10.2 Å². The zero-order valence-electron chi connectivity index (χ0n) is 20.5. The molecule has 0 unspecified atom stereocenters. The molecule has 1 aromatic heterocycles. The molecule has 10 heteroatoms. The second-order valence-corrected chi connectivity index (χ2v) is 9.42. The summed E-state index contributed by atoms with van der Waals surface area (Å²) in [6.45, 7) is 0.617. The van der Waals surface area contributed by atoms with Gasteiger partial charge in [0.05, 0.1) is 28.9 Å². The van der Waals surface area contributed by atoms with Crippen LogP contribution in [0.3, 0.4) is 0 Å². The SMILES string of the molecule is O=C1/C(=C/c2cccc(OCc3ccccc3)c2)S/C(=N\N=C\c2cccc([N+](=O)[O-])c2)N1Cc1ccco1. The van der Waals surface area contributed by atoms with Gasteiger partial charge in [0.1, 0.15) is 18.1 Å². The predicted molar refractivity (Wildman–Crippen MR) is 150 cm³/mol. The number of rotatable bonds is 9. The fourth-order valence-corrected chi connectivity index (χ4v) is 4.67. The summed E-state index contributed by atoms with van der Waals surface area (Å²) in [6.07, 6.45) is 4.73. The number of amides is 1. The second kappa shape index (κ2) is 12.1. The van der Waals surface area contributed by atoms with Gasteiger partial charge in [-0.25, -0.2) is 0 Å². The number of nitro groups is 1. The fraction of sp³-hybridized carbons (Fsp3) is 0.0690. The van der Waals surface area contributed by atoms with Crippen molar-refractivity contribution in [2.75, 3.05) is 0 Å². The quantitative estimate of drug-likeness (QED) is 0.107. The maximum absolute atomic E-state index is 13.4. The minimum atomic E-state index is -0.474. The van der Waals surface area contributed by atoms with Gasteiger partial charge in [-0.2, -0.15) is 5.10 Å². The first-order valence-electron chi connectivity index (χ1n) is 11.9. The molecule has 0 radical (unpaired) electrons. The van der Waals surface area contributed by atoms with Crippen LogP contribution in [0.15, 0.2) is 117 Å². The Bertz CT molecular complexity index is 1570. The topological polar surface area (TPSA) is 111 Å². The van der Waals surface area contributed by atoms with E-state index in [0.29, 0.717) is 33.8 Å². The van der Waals surface area contributed by atoms with Gasteiger partial charge in [-0.3, -0.25) is 19.8 Å². The number of nitrogens with zero attached hydrogens (tertiary/aromatic N) is 4. The van der Waals surface area contributed by atoms with Crippen molar-refractivity contribution >= 4 is 40.8 Å². The molecule has 39 heavy (non-hydrogen) atoms. The van der Waals surface area contributed by atoms with Gasteiger partial charge in [0.2, 0.25) is 0 Å². The van der Waals surface area contributed by atoms with E-state index in [-0.39, 0.29) is 18.1 Å². The highest BCUT2D eigenvalue weighted by Crippen LogP contribution is 2.34. The van der Waals surface area contributed by atoms with Crippen molar-refractivity contribution in [1.82, 2.24) is 4.90 Å². The Labute approximate surface area is 228 Å². The molecular weight excluding hydrogens is 516 g/mol. The van der Waals surface area contributed by atoms with Gasteiger partial charge in [0, 0.05) is 17.7 Å². The minimum absolute atomic E-state index is 0.0448. The summed E-state index contributed by atoms with van der Waals surface area (Å²) in [5, 5.41) is 19.7. The molecule has 1 fully saturated rings. The standard InChI is InChI=1S/C29H22N4O5S/c34-28-27(17-22-9-5-12-25(16-22)38-20-21-7-2-1-3-8-21)39-29(32(28)19-26-13-6-14-37-26)31-30-18-23-10-4-11-24(15-23)33(35)36/h1-18H,19-20H2/b27-17-,30-18+,31-29-. The summed E-state index contributed by atoms with van der Waals surface area (Å²) in [7, 11) is 0. The Kier molecular flexibility index (Phi) is 7.94. The number of furan rings is 1. The van der Waals surface area contributed by atoms with Crippen LogP contribution in [0.5, 0.6) is 5.75 Å². The van der Waals surface area contributed by atoms with E-state index in [1.54, 1.807) is 30.3 Å². The van der Waals surface area contributed by atoms with Crippen LogP contribution in [-0.4, -0.2) is 27.1 Å². The number of hydrogen-bond donors (Lipinski definition) is 0. The molecule has 3 aromatic carbocycles. The molecule has 4 aromatic rings. The number of ether oxygens (including phenoxy) is 1. The van der Waals surface area contributed by atoms with Crippen LogP contribution in [0.1, 0.15) is 22.5 Å². The lowest BCUT2D eigenvalue weighted by molar-refractivity contribution is -0.384. The number of benzene rings is 3. The normalized spacial score (nSPS) is 15.5.